The van der Waals surface area contributed by atoms with Gasteiger partial charge in [0.1, 0.15) is 5.82 Å². The highest BCUT2D eigenvalue weighted by molar-refractivity contribution is 9.10. The highest BCUT2D eigenvalue weighted by atomic mass is 79.9. The zero-order chi connectivity index (χ0) is 9.14. The first-order chi connectivity index (χ1) is 5.59. The maximum absolute atomic E-state index is 4.35. The van der Waals surface area contributed by atoms with Gasteiger partial charge in [-0.2, -0.15) is 0 Å². The average molecular weight is 229 g/mol. The van der Waals surface area contributed by atoms with Crippen molar-refractivity contribution in [2.45, 2.75) is 27.2 Å². The lowest BCUT2D eigenvalue weighted by Gasteiger charge is -2.04. The Kier molecular flexibility index (Phi) is 3.20. The van der Waals surface area contributed by atoms with E-state index in [0.29, 0.717) is 5.92 Å². The van der Waals surface area contributed by atoms with E-state index >= 15 is 0 Å². The van der Waals surface area contributed by atoms with Crippen LogP contribution in [0.4, 0.5) is 0 Å². The van der Waals surface area contributed by atoms with Crippen LogP contribution in [0.25, 0.3) is 0 Å². The summed E-state index contributed by atoms with van der Waals surface area (Å²) in [7, 11) is 0. The Labute approximate surface area is 81.6 Å². The van der Waals surface area contributed by atoms with Crippen molar-refractivity contribution in [2.24, 2.45) is 5.92 Å². The zero-order valence-corrected chi connectivity index (χ0v) is 9.22. The summed E-state index contributed by atoms with van der Waals surface area (Å²) in [6.07, 6.45) is 2.77. The smallest absolute Gasteiger partial charge is 0.128 e. The van der Waals surface area contributed by atoms with E-state index in [-0.39, 0.29) is 0 Å². The van der Waals surface area contributed by atoms with Crippen molar-refractivity contribution < 1.29 is 0 Å². The lowest BCUT2D eigenvalue weighted by atomic mass is 10.1. The Morgan fingerprint density at radius 1 is 1.50 bits per heavy atom. The molecule has 2 nitrogen and oxygen atoms in total. The van der Waals surface area contributed by atoms with Gasteiger partial charge in [0, 0.05) is 12.6 Å². The normalized spacial score (nSPS) is 10.8. The number of nitrogens with zero attached hydrogens (tertiary/aromatic N) is 2. The van der Waals surface area contributed by atoms with Crippen molar-refractivity contribution in [3.8, 4) is 0 Å². The molecule has 0 aliphatic carbocycles. The molecule has 0 bridgehead atoms. The molecule has 1 rings (SSSR count). The first kappa shape index (κ1) is 9.65. The number of aryl methyl sites for hydroxylation is 1. The van der Waals surface area contributed by atoms with Gasteiger partial charge in [0.15, 0.2) is 0 Å². The Hall–Kier alpha value is -0.440. The number of hydrogen-bond acceptors (Lipinski definition) is 2. The van der Waals surface area contributed by atoms with Gasteiger partial charge in [-0.25, -0.2) is 9.97 Å². The molecule has 0 fully saturated rings. The van der Waals surface area contributed by atoms with Gasteiger partial charge in [-0.1, -0.05) is 13.8 Å². The molecule has 0 amide bonds. The number of halogens is 1. The van der Waals surface area contributed by atoms with Gasteiger partial charge in [-0.15, -0.1) is 0 Å². The van der Waals surface area contributed by atoms with Crippen LogP contribution in [0.5, 0.6) is 0 Å². The third-order valence-corrected chi connectivity index (χ3v) is 2.34. The van der Waals surface area contributed by atoms with Gasteiger partial charge in [-0.3, -0.25) is 0 Å². The molecule has 0 aliphatic rings. The van der Waals surface area contributed by atoms with E-state index in [4.69, 9.17) is 0 Å². The Bertz CT molecular complexity index is 271. The van der Waals surface area contributed by atoms with Crippen molar-refractivity contribution in [3.63, 3.8) is 0 Å². The SMILES string of the molecule is Cc1nc(CC(C)C)ncc1Br. The van der Waals surface area contributed by atoms with Crippen molar-refractivity contribution in [3.05, 3.63) is 22.2 Å². The van der Waals surface area contributed by atoms with E-state index < -0.39 is 0 Å². The van der Waals surface area contributed by atoms with Crippen LogP contribution in [0, 0.1) is 12.8 Å². The fourth-order valence-corrected chi connectivity index (χ4v) is 1.15. The van der Waals surface area contributed by atoms with Crippen LogP contribution in [0.15, 0.2) is 10.7 Å². The second kappa shape index (κ2) is 3.99. The minimum Gasteiger partial charge on any atom is -0.240 e. The molecule has 0 saturated heterocycles. The molecular formula is C9H13BrN2. The molecule has 3 heteroatoms. The lowest BCUT2D eigenvalue weighted by Crippen LogP contribution is -2.01. The lowest BCUT2D eigenvalue weighted by molar-refractivity contribution is 0.618. The maximum atomic E-state index is 4.35. The van der Waals surface area contributed by atoms with Gasteiger partial charge >= 0.3 is 0 Å². The second-order valence-corrected chi connectivity index (χ2v) is 4.17. The van der Waals surface area contributed by atoms with E-state index in [0.717, 1.165) is 22.4 Å². The Morgan fingerprint density at radius 3 is 2.67 bits per heavy atom. The Balaban J connectivity index is 2.82. The van der Waals surface area contributed by atoms with Gasteiger partial charge in [-0.05, 0) is 28.8 Å². The summed E-state index contributed by atoms with van der Waals surface area (Å²) in [4.78, 5) is 8.58. The molecule has 1 aromatic heterocycles. The number of aromatic nitrogens is 2. The van der Waals surface area contributed by atoms with Crippen LogP contribution in [-0.2, 0) is 6.42 Å². The van der Waals surface area contributed by atoms with E-state index in [9.17, 15) is 0 Å². The minimum atomic E-state index is 0.616. The molecule has 66 valence electrons. The third-order valence-electron chi connectivity index (χ3n) is 1.56. The predicted molar refractivity (Wildman–Crippen MR) is 53.0 cm³/mol. The second-order valence-electron chi connectivity index (χ2n) is 3.32. The van der Waals surface area contributed by atoms with Gasteiger partial charge < -0.3 is 0 Å². The zero-order valence-electron chi connectivity index (χ0n) is 7.63. The van der Waals surface area contributed by atoms with E-state index in [2.05, 4.69) is 39.7 Å². The molecule has 1 aromatic rings. The summed E-state index contributed by atoms with van der Waals surface area (Å²) in [5.41, 5.74) is 1.01. The summed E-state index contributed by atoms with van der Waals surface area (Å²) in [6.45, 7) is 6.32. The molecule has 1 heterocycles. The molecule has 0 atom stereocenters. The highest BCUT2D eigenvalue weighted by Crippen LogP contribution is 2.12. The molecule has 0 aliphatic heterocycles. The molecule has 12 heavy (non-hydrogen) atoms. The van der Waals surface area contributed by atoms with Gasteiger partial charge in [0.2, 0.25) is 0 Å². The van der Waals surface area contributed by atoms with Crippen LogP contribution in [0.2, 0.25) is 0 Å². The minimum absolute atomic E-state index is 0.616. The average Bonchev–Trinajstić information content (AvgIpc) is 1.96. The number of hydrogen-bond donors (Lipinski definition) is 0. The van der Waals surface area contributed by atoms with Crippen LogP contribution >= 0.6 is 15.9 Å². The standard InChI is InChI=1S/C9H13BrN2/c1-6(2)4-9-11-5-8(10)7(3)12-9/h5-6H,4H2,1-3H3. The van der Waals surface area contributed by atoms with Crippen molar-refractivity contribution in [2.75, 3.05) is 0 Å². The third kappa shape index (κ3) is 2.55. The first-order valence-electron chi connectivity index (χ1n) is 4.07. The topological polar surface area (TPSA) is 25.8 Å². The van der Waals surface area contributed by atoms with Crippen LogP contribution < -0.4 is 0 Å². The maximum Gasteiger partial charge on any atom is 0.128 e. The summed E-state index contributed by atoms with van der Waals surface area (Å²) in [5, 5.41) is 0. The largest absolute Gasteiger partial charge is 0.240 e. The van der Waals surface area contributed by atoms with Gasteiger partial charge in [0.05, 0.1) is 10.2 Å². The van der Waals surface area contributed by atoms with Crippen molar-refractivity contribution in [1.29, 1.82) is 0 Å². The molecule has 0 N–H and O–H groups in total. The molecule has 0 unspecified atom stereocenters. The number of rotatable bonds is 2. The van der Waals surface area contributed by atoms with E-state index in [1.807, 2.05) is 13.1 Å². The first-order valence-corrected chi connectivity index (χ1v) is 4.87. The summed E-state index contributed by atoms with van der Waals surface area (Å²) in [5.74, 6) is 1.55. The van der Waals surface area contributed by atoms with Crippen LogP contribution in [0.3, 0.4) is 0 Å². The quantitative estimate of drug-likeness (QED) is 0.779. The van der Waals surface area contributed by atoms with Gasteiger partial charge in [0.25, 0.3) is 0 Å². The summed E-state index contributed by atoms with van der Waals surface area (Å²) in [6, 6.07) is 0. The summed E-state index contributed by atoms with van der Waals surface area (Å²) < 4.78 is 0.981. The molecule has 0 saturated carbocycles. The van der Waals surface area contributed by atoms with Crippen LogP contribution in [-0.4, -0.2) is 9.97 Å². The molecular weight excluding hydrogens is 216 g/mol. The van der Waals surface area contributed by atoms with Crippen molar-refractivity contribution >= 4 is 15.9 Å². The van der Waals surface area contributed by atoms with E-state index in [1.54, 1.807) is 0 Å². The molecule has 0 aromatic carbocycles. The fourth-order valence-electron chi connectivity index (χ4n) is 0.964. The predicted octanol–water partition coefficient (Wildman–Crippen LogP) is 2.75. The molecule has 0 radical (unpaired) electrons. The molecule has 0 spiro atoms. The van der Waals surface area contributed by atoms with Crippen molar-refractivity contribution in [1.82, 2.24) is 9.97 Å². The van der Waals surface area contributed by atoms with Crippen LogP contribution in [0.1, 0.15) is 25.4 Å². The monoisotopic (exact) mass is 228 g/mol. The highest BCUT2D eigenvalue weighted by Gasteiger charge is 2.02. The Morgan fingerprint density at radius 2 is 2.17 bits per heavy atom. The fraction of sp³-hybridized carbons (Fsp3) is 0.556. The van der Waals surface area contributed by atoms with E-state index in [1.165, 1.54) is 0 Å². The summed E-state index contributed by atoms with van der Waals surface area (Å²) >= 11 is 3.37.